The Morgan fingerprint density at radius 3 is 2.26 bits per heavy atom. The number of hydrogen-bond donors (Lipinski definition) is 0. The van der Waals surface area contributed by atoms with Gasteiger partial charge in [-0.1, -0.05) is 103 Å². The van der Waals surface area contributed by atoms with E-state index in [-0.39, 0.29) is 0 Å². The number of benzene rings is 3. The first kappa shape index (κ1) is 19.4. The second kappa shape index (κ2) is 7.28. The van der Waals surface area contributed by atoms with E-state index in [0.717, 1.165) is 0 Å². The van der Waals surface area contributed by atoms with Gasteiger partial charge in [0.1, 0.15) is 0 Å². The molecule has 0 spiro atoms. The van der Waals surface area contributed by atoms with Gasteiger partial charge >= 0.3 is 0 Å². The third-order valence-corrected chi connectivity index (χ3v) is 9.06. The van der Waals surface area contributed by atoms with Crippen LogP contribution in [-0.4, -0.2) is 0 Å². The second-order valence-corrected chi connectivity index (χ2v) is 10.8. The summed E-state index contributed by atoms with van der Waals surface area (Å²) in [6.45, 7) is 0. The van der Waals surface area contributed by atoms with Crippen LogP contribution in [-0.2, 0) is 0 Å². The summed E-state index contributed by atoms with van der Waals surface area (Å²) in [4.78, 5) is 0. The summed E-state index contributed by atoms with van der Waals surface area (Å²) < 4.78 is 2.72. The molecule has 4 aromatic rings. The van der Waals surface area contributed by atoms with Gasteiger partial charge in [0.15, 0.2) is 0 Å². The largest absolute Gasteiger partial charge is 0.135 e. The molecule has 3 aromatic carbocycles. The van der Waals surface area contributed by atoms with Crippen LogP contribution >= 0.6 is 11.3 Å². The maximum Gasteiger partial charge on any atom is 0.0355 e. The molecule has 0 saturated heterocycles. The highest BCUT2D eigenvalue weighted by molar-refractivity contribution is 7.25. The van der Waals surface area contributed by atoms with Crippen LogP contribution in [0.5, 0.6) is 0 Å². The van der Waals surface area contributed by atoms with E-state index in [2.05, 4.69) is 121 Å². The van der Waals surface area contributed by atoms with E-state index < -0.39 is 0 Å². The molecule has 1 heteroatoms. The molecule has 2 unspecified atom stereocenters. The van der Waals surface area contributed by atoms with E-state index in [1.54, 1.807) is 0 Å². The highest BCUT2D eigenvalue weighted by Gasteiger charge is 2.40. The Hall–Kier alpha value is -3.94. The quantitative estimate of drug-likeness (QED) is 0.279. The normalized spacial score (nSPS) is 22.1. The standard InChI is InChI=1S/C34H22S/c1-2-6-21(7-3-1)25-15-10-22-13-18-29-26(16-11-23-12-17-28(25)33(22)34(23)29)24-14-19-32-30(20-24)27-8-4-5-9-31(27)35-32/h1-20,33-34H. The van der Waals surface area contributed by atoms with Crippen LogP contribution in [0.15, 0.2) is 144 Å². The number of rotatable bonds is 2. The van der Waals surface area contributed by atoms with Gasteiger partial charge in [0, 0.05) is 32.0 Å². The molecule has 4 aliphatic rings. The zero-order valence-corrected chi connectivity index (χ0v) is 19.9. The van der Waals surface area contributed by atoms with Crippen molar-refractivity contribution in [2.75, 3.05) is 0 Å². The van der Waals surface area contributed by atoms with Crippen molar-refractivity contribution in [2.24, 2.45) is 11.8 Å². The van der Waals surface area contributed by atoms with Crippen LogP contribution in [0.4, 0.5) is 0 Å². The van der Waals surface area contributed by atoms with Crippen molar-refractivity contribution in [3.05, 3.63) is 155 Å². The zero-order valence-electron chi connectivity index (χ0n) is 19.1. The predicted octanol–water partition coefficient (Wildman–Crippen LogP) is 9.07. The van der Waals surface area contributed by atoms with Gasteiger partial charge in [-0.3, -0.25) is 0 Å². The van der Waals surface area contributed by atoms with E-state index in [4.69, 9.17) is 0 Å². The van der Waals surface area contributed by atoms with E-state index in [9.17, 15) is 0 Å². The summed E-state index contributed by atoms with van der Waals surface area (Å²) in [5.41, 5.74) is 11.1. The minimum absolute atomic E-state index is 0.369. The summed E-state index contributed by atoms with van der Waals surface area (Å²) in [6.07, 6.45) is 18.8. The molecule has 4 aliphatic carbocycles. The van der Waals surface area contributed by atoms with Crippen LogP contribution in [0.1, 0.15) is 11.1 Å². The molecule has 1 aromatic heterocycles. The average Bonchev–Trinajstić information content (AvgIpc) is 3.30. The molecule has 2 atom stereocenters. The van der Waals surface area contributed by atoms with Gasteiger partial charge in [-0.25, -0.2) is 0 Å². The molecule has 1 heterocycles. The minimum Gasteiger partial charge on any atom is -0.135 e. The summed E-state index contributed by atoms with van der Waals surface area (Å²) in [7, 11) is 0. The van der Waals surface area contributed by atoms with E-state index in [1.165, 1.54) is 64.7 Å². The Kier molecular flexibility index (Phi) is 4.03. The highest BCUT2D eigenvalue weighted by atomic mass is 32.1. The van der Waals surface area contributed by atoms with Gasteiger partial charge in [0.2, 0.25) is 0 Å². The van der Waals surface area contributed by atoms with Gasteiger partial charge in [0.25, 0.3) is 0 Å². The van der Waals surface area contributed by atoms with Gasteiger partial charge in [-0.05, 0) is 62.8 Å². The third kappa shape index (κ3) is 2.79. The molecule has 8 rings (SSSR count). The smallest absolute Gasteiger partial charge is 0.0355 e. The van der Waals surface area contributed by atoms with Crippen molar-refractivity contribution in [3.8, 4) is 0 Å². The van der Waals surface area contributed by atoms with E-state index in [0.29, 0.717) is 11.8 Å². The molecule has 0 aliphatic heterocycles. The van der Waals surface area contributed by atoms with Gasteiger partial charge in [-0.2, -0.15) is 0 Å². The lowest BCUT2D eigenvalue weighted by molar-refractivity contribution is 0.569. The summed E-state index contributed by atoms with van der Waals surface area (Å²) in [5, 5.41) is 2.72. The topological polar surface area (TPSA) is 0 Å². The Bertz CT molecular complexity index is 1780. The van der Waals surface area contributed by atoms with Gasteiger partial charge < -0.3 is 0 Å². The fourth-order valence-electron chi connectivity index (χ4n) is 6.31. The molecule has 0 saturated carbocycles. The average molecular weight is 463 g/mol. The molecule has 0 fully saturated rings. The first-order valence-corrected chi connectivity index (χ1v) is 13.1. The lowest BCUT2D eigenvalue weighted by atomic mass is 9.61. The number of hydrogen-bond acceptors (Lipinski definition) is 1. The molecule has 164 valence electrons. The van der Waals surface area contributed by atoms with Crippen LogP contribution < -0.4 is 0 Å². The third-order valence-electron chi connectivity index (χ3n) is 7.91. The van der Waals surface area contributed by atoms with Crippen LogP contribution in [0.25, 0.3) is 31.3 Å². The van der Waals surface area contributed by atoms with E-state index >= 15 is 0 Å². The van der Waals surface area contributed by atoms with Crippen molar-refractivity contribution in [1.29, 1.82) is 0 Å². The summed E-state index contributed by atoms with van der Waals surface area (Å²) in [6, 6.07) is 26.6. The Balaban J connectivity index is 1.29. The molecule has 35 heavy (non-hydrogen) atoms. The highest BCUT2D eigenvalue weighted by Crippen LogP contribution is 2.53. The number of fused-ring (bicyclic) bond motifs is 3. The Labute approximate surface area is 208 Å². The van der Waals surface area contributed by atoms with Crippen molar-refractivity contribution >= 4 is 42.7 Å². The molecule has 0 bridgehead atoms. The number of thiophene rings is 1. The first-order valence-electron chi connectivity index (χ1n) is 12.3. The van der Waals surface area contributed by atoms with Gasteiger partial charge in [-0.15, -0.1) is 11.3 Å². The second-order valence-electron chi connectivity index (χ2n) is 9.70. The Morgan fingerprint density at radius 2 is 1.31 bits per heavy atom. The van der Waals surface area contributed by atoms with Crippen molar-refractivity contribution in [3.63, 3.8) is 0 Å². The van der Waals surface area contributed by atoms with Crippen LogP contribution in [0.2, 0.25) is 0 Å². The van der Waals surface area contributed by atoms with Crippen molar-refractivity contribution < 1.29 is 0 Å². The Morgan fingerprint density at radius 1 is 0.543 bits per heavy atom. The molecule has 0 nitrogen and oxygen atoms in total. The summed E-state index contributed by atoms with van der Waals surface area (Å²) >= 11 is 1.88. The maximum absolute atomic E-state index is 2.41. The molecule has 0 amide bonds. The lowest BCUT2D eigenvalue weighted by Crippen LogP contribution is -2.30. The number of allylic oxidation sites excluding steroid dienone is 14. The van der Waals surface area contributed by atoms with Crippen LogP contribution in [0.3, 0.4) is 0 Å². The fourth-order valence-corrected chi connectivity index (χ4v) is 7.40. The SMILES string of the molecule is C1=CC2=C(c3ccccc3)C=CC3=CC=C4C(c5ccc6sc7ccccc7c6c5)=CC=C1C4C32. The minimum atomic E-state index is 0.369. The monoisotopic (exact) mass is 462 g/mol. The van der Waals surface area contributed by atoms with Crippen molar-refractivity contribution in [2.45, 2.75) is 0 Å². The molecule has 0 N–H and O–H groups in total. The first-order chi connectivity index (χ1) is 17.3. The zero-order chi connectivity index (χ0) is 22.9. The molecular weight excluding hydrogens is 440 g/mol. The van der Waals surface area contributed by atoms with Gasteiger partial charge in [0.05, 0.1) is 0 Å². The van der Waals surface area contributed by atoms with Crippen molar-refractivity contribution in [1.82, 2.24) is 0 Å². The molecular formula is C34H22S. The lowest BCUT2D eigenvalue weighted by Gasteiger charge is -2.42. The fraction of sp³-hybridized carbons (Fsp3) is 0.0588. The molecule has 0 radical (unpaired) electrons. The van der Waals surface area contributed by atoms with Crippen LogP contribution in [0, 0.1) is 11.8 Å². The van der Waals surface area contributed by atoms with E-state index in [1.807, 2.05) is 11.3 Å². The predicted molar refractivity (Wildman–Crippen MR) is 150 cm³/mol. The maximum atomic E-state index is 2.41. The summed E-state index contributed by atoms with van der Waals surface area (Å²) in [5.74, 6) is 0.745.